The molecule has 0 unspecified atom stereocenters. The number of amides is 2. The molecular formula is C25H20N2O8S. The van der Waals surface area contributed by atoms with Crippen molar-refractivity contribution in [3.05, 3.63) is 75.2 Å². The summed E-state index contributed by atoms with van der Waals surface area (Å²) in [4.78, 5) is 48.7. The molecule has 1 saturated heterocycles. The third kappa shape index (κ3) is 5.01. The number of esters is 1. The Morgan fingerprint density at radius 2 is 1.83 bits per heavy atom. The zero-order valence-corrected chi connectivity index (χ0v) is 20.1. The van der Waals surface area contributed by atoms with Crippen molar-refractivity contribution in [2.75, 3.05) is 20.3 Å². The molecule has 3 aromatic carbocycles. The molecule has 4 rings (SSSR count). The lowest BCUT2D eigenvalue weighted by atomic mass is 10.1. The smallest absolute Gasteiger partial charge is 0.353 e. The molecule has 0 aliphatic carbocycles. The van der Waals surface area contributed by atoms with Crippen LogP contribution in [0, 0.1) is 10.1 Å². The summed E-state index contributed by atoms with van der Waals surface area (Å²) in [6, 6.07) is 16.0. The lowest BCUT2D eigenvalue weighted by molar-refractivity contribution is -0.386. The van der Waals surface area contributed by atoms with E-state index in [0.29, 0.717) is 17.5 Å². The predicted octanol–water partition coefficient (Wildman–Crippen LogP) is 4.80. The average molecular weight is 509 g/mol. The first-order chi connectivity index (χ1) is 17.3. The molecule has 1 fully saturated rings. The molecule has 0 bridgehead atoms. The van der Waals surface area contributed by atoms with Crippen LogP contribution in [0.25, 0.3) is 16.8 Å². The quantitative estimate of drug-likeness (QED) is 0.139. The highest BCUT2D eigenvalue weighted by Crippen LogP contribution is 2.42. The number of fused-ring (bicyclic) bond motifs is 1. The van der Waals surface area contributed by atoms with Crippen molar-refractivity contribution in [3.8, 4) is 17.2 Å². The van der Waals surface area contributed by atoms with Gasteiger partial charge in [-0.25, -0.2) is 0 Å². The second kappa shape index (κ2) is 10.5. The number of carbonyl (C=O) groups excluding carboxylic acids is 3. The van der Waals surface area contributed by atoms with Crippen LogP contribution in [0.3, 0.4) is 0 Å². The van der Waals surface area contributed by atoms with Gasteiger partial charge in [0, 0.05) is 17.9 Å². The zero-order valence-electron chi connectivity index (χ0n) is 19.3. The van der Waals surface area contributed by atoms with E-state index in [2.05, 4.69) is 0 Å². The van der Waals surface area contributed by atoms with E-state index in [1.807, 2.05) is 42.5 Å². The molecule has 184 valence electrons. The minimum Gasteiger partial charge on any atom is -0.491 e. The van der Waals surface area contributed by atoms with E-state index in [0.717, 1.165) is 22.6 Å². The van der Waals surface area contributed by atoms with Gasteiger partial charge in [-0.3, -0.25) is 29.4 Å². The van der Waals surface area contributed by atoms with Crippen molar-refractivity contribution in [3.63, 3.8) is 0 Å². The maximum atomic E-state index is 12.9. The van der Waals surface area contributed by atoms with Crippen molar-refractivity contribution in [2.45, 2.75) is 6.92 Å². The summed E-state index contributed by atoms with van der Waals surface area (Å²) in [5.74, 6) is -1.15. The number of nitro groups is 1. The first-order valence-corrected chi connectivity index (χ1v) is 11.5. The summed E-state index contributed by atoms with van der Waals surface area (Å²) in [7, 11) is 1.22. The molecular weight excluding hydrogens is 488 g/mol. The average Bonchev–Trinajstić information content (AvgIpc) is 3.11. The van der Waals surface area contributed by atoms with Gasteiger partial charge >= 0.3 is 11.7 Å². The molecule has 36 heavy (non-hydrogen) atoms. The summed E-state index contributed by atoms with van der Waals surface area (Å²) < 4.78 is 15.9. The van der Waals surface area contributed by atoms with Crippen molar-refractivity contribution in [1.82, 2.24) is 4.90 Å². The van der Waals surface area contributed by atoms with Gasteiger partial charge in [0.25, 0.3) is 11.1 Å². The van der Waals surface area contributed by atoms with Gasteiger partial charge in [-0.1, -0.05) is 36.4 Å². The van der Waals surface area contributed by atoms with Crippen LogP contribution in [-0.2, 0) is 9.59 Å². The third-order valence-electron chi connectivity index (χ3n) is 5.25. The van der Waals surface area contributed by atoms with Crippen LogP contribution < -0.4 is 14.2 Å². The lowest BCUT2D eigenvalue weighted by Gasteiger charge is -2.14. The number of imide groups is 1. The summed E-state index contributed by atoms with van der Waals surface area (Å²) in [6.07, 6.45) is 1.33. The van der Waals surface area contributed by atoms with Crippen molar-refractivity contribution >= 4 is 51.4 Å². The number of nitro benzene ring substituents is 1. The van der Waals surface area contributed by atoms with E-state index in [-0.39, 0.29) is 35.1 Å². The fourth-order valence-electron chi connectivity index (χ4n) is 3.71. The van der Waals surface area contributed by atoms with Crippen molar-refractivity contribution in [1.29, 1.82) is 0 Å². The first kappa shape index (κ1) is 24.7. The molecule has 0 atom stereocenters. The highest BCUT2D eigenvalue weighted by Gasteiger charge is 2.36. The van der Waals surface area contributed by atoms with Crippen LogP contribution >= 0.6 is 11.8 Å². The standard InChI is InChI=1S/C25H20N2O8S/c1-15(28)35-20-11-10-17(23(33-2)22(20)27(31)32)14-21-24(29)26(25(30)36-21)12-13-34-19-9-5-7-16-6-3-4-8-18(16)19/h3-11,14H,12-13H2,1-2H3/b21-14-. The Hall–Kier alpha value is -4.38. The maximum Gasteiger partial charge on any atom is 0.353 e. The molecule has 0 radical (unpaired) electrons. The molecule has 10 nitrogen and oxygen atoms in total. The number of carbonyl (C=O) groups is 3. The summed E-state index contributed by atoms with van der Waals surface area (Å²) in [5, 5.41) is 13.1. The number of hydrogen-bond donors (Lipinski definition) is 0. The molecule has 0 N–H and O–H groups in total. The van der Waals surface area contributed by atoms with Gasteiger partial charge in [0.05, 0.1) is 23.5 Å². The molecule has 3 aromatic rings. The number of rotatable bonds is 8. The molecule has 2 amide bonds. The Morgan fingerprint density at radius 3 is 2.56 bits per heavy atom. The van der Waals surface area contributed by atoms with Crippen LogP contribution in [0.5, 0.6) is 17.2 Å². The molecule has 1 aliphatic heterocycles. The Morgan fingerprint density at radius 1 is 1.08 bits per heavy atom. The highest BCUT2D eigenvalue weighted by atomic mass is 32.2. The maximum absolute atomic E-state index is 12.9. The van der Waals surface area contributed by atoms with Crippen LogP contribution in [-0.4, -0.2) is 47.2 Å². The van der Waals surface area contributed by atoms with E-state index in [1.54, 1.807) is 0 Å². The van der Waals surface area contributed by atoms with E-state index in [1.165, 1.54) is 25.3 Å². The fraction of sp³-hybridized carbons (Fsp3) is 0.160. The predicted molar refractivity (Wildman–Crippen MR) is 133 cm³/mol. The monoisotopic (exact) mass is 508 g/mol. The number of ether oxygens (including phenoxy) is 3. The van der Waals surface area contributed by atoms with Crippen molar-refractivity contribution < 1.29 is 33.5 Å². The van der Waals surface area contributed by atoms with E-state index in [9.17, 15) is 24.5 Å². The van der Waals surface area contributed by atoms with Crippen LogP contribution in [0.15, 0.2) is 59.5 Å². The van der Waals surface area contributed by atoms with Crippen molar-refractivity contribution in [2.24, 2.45) is 0 Å². The third-order valence-corrected chi connectivity index (χ3v) is 6.15. The summed E-state index contributed by atoms with van der Waals surface area (Å²) in [6.45, 7) is 1.23. The molecule has 1 heterocycles. The second-order valence-corrected chi connectivity index (χ2v) is 8.54. The van der Waals surface area contributed by atoms with Crippen LogP contribution in [0.1, 0.15) is 12.5 Å². The summed E-state index contributed by atoms with van der Waals surface area (Å²) in [5.41, 5.74) is -0.387. The van der Waals surface area contributed by atoms with Gasteiger partial charge in [-0.15, -0.1) is 0 Å². The van der Waals surface area contributed by atoms with E-state index >= 15 is 0 Å². The number of nitrogens with zero attached hydrogens (tertiary/aromatic N) is 2. The Kier molecular flexibility index (Phi) is 7.20. The van der Waals surface area contributed by atoms with Crippen LogP contribution in [0.2, 0.25) is 0 Å². The number of methoxy groups -OCH3 is 1. The van der Waals surface area contributed by atoms with Crippen LogP contribution in [0.4, 0.5) is 10.5 Å². The Balaban J connectivity index is 1.53. The van der Waals surface area contributed by atoms with Gasteiger partial charge in [-0.2, -0.15) is 0 Å². The number of hydrogen-bond acceptors (Lipinski definition) is 9. The normalized spacial score (nSPS) is 14.4. The van der Waals surface area contributed by atoms with Gasteiger partial charge in [-0.05, 0) is 41.4 Å². The van der Waals surface area contributed by atoms with Gasteiger partial charge < -0.3 is 14.2 Å². The van der Waals surface area contributed by atoms with Gasteiger partial charge in [0.15, 0.2) is 0 Å². The summed E-state index contributed by atoms with van der Waals surface area (Å²) >= 11 is 0.706. The number of thioether (sulfide) groups is 1. The SMILES string of the molecule is COc1c(/C=C2\SC(=O)N(CCOc3cccc4ccccc34)C2=O)ccc(OC(C)=O)c1[N+](=O)[O-]. The highest BCUT2D eigenvalue weighted by molar-refractivity contribution is 8.18. The topological polar surface area (TPSA) is 125 Å². The Labute approximate surface area is 209 Å². The molecule has 1 aliphatic rings. The second-order valence-electron chi connectivity index (χ2n) is 7.54. The first-order valence-electron chi connectivity index (χ1n) is 10.7. The molecule has 0 aromatic heterocycles. The molecule has 11 heteroatoms. The largest absolute Gasteiger partial charge is 0.491 e. The van der Waals surface area contributed by atoms with Gasteiger partial charge in [0.2, 0.25) is 11.5 Å². The number of benzene rings is 3. The minimum absolute atomic E-state index is 0.0217. The van der Waals surface area contributed by atoms with E-state index < -0.39 is 27.7 Å². The molecule has 0 saturated carbocycles. The fourth-order valence-corrected chi connectivity index (χ4v) is 4.57. The Bertz CT molecular complexity index is 1410. The minimum atomic E-state index is -0.745. The van der Waals surface area contributed by atoms with Gasteiger partial charge in [0.1, 0.15) is 12.4 Å². The van der Waals surface area contributed by atoms with E-state index in [4.69, 9.17) is 14.2 Å². The molecule has 0 spiro atoms. The zero-order chi connectivity index (χ0) is 25.8. The lowest BCUT2D eigenvalue weighted by Crippen LogP contribution is -2.32.